The average molecular weight is 289 g/mol. The average Bonchev–Trinajstić information content (AvgIpc) is 2.47. The van der Waals surface area contributed by atoms with Crippen molar-refractivity contribution in [3.63, 3.8) is 0 Å². The van der Waals surface area contributed by atoms with Gasteiger partial charge in [-0.25, -0.2) is 0 Å². The van der Waals surface area contributed by atoms with Gasteiger partial charge in [0.25, 0.3) is 0 Å². The molecular formula is C16H24BNO3. The lowest BCUT2D eigenvalue weighted by Crippen LogP contribution is -2.41. The molecule has 1 aliphatic heterocycles. The Morgan fingerprint density at radius 3 is 2.71 bits per heavy atom. The smallest absolute Gasteiger partial charge is 0.423 e. The third-order valence-corrected chi connectivity index (χ3v) is 4.45. The lowest BCUT2D eigenvalue weighted by atomic mass is 9.73. The van der Waals surface area contributed by atoms with Crippen LogP contribution in [0.2, 0.25) is 0 Å². The van der Waals surface area contributed by atoms with Crippen LogP contribution in [0, 0.1) is 0 Å². The minimum atomic E-state index is -0.808. The number of anilines is 1. The Hall–Kier alpha value is -1.04. The molecule has 1 aromatic rings. The Kier molecular flexibility index (Phi) is 5.17. The zero-order valence-corrected chi connectivity index (χ0v) is 12.5. The molecule has 1 fully saturated rings. The van der Waals surface area contributed by atoms with Gasteiger partial charge < -0.3 is 9.68 Å². The Morgan fingerprint density at radius 1 is 1.14 bits per heavy atom. The van der Waals surface area contributed by atoms with E-state index < -0.39 is 7.12 Å². The number of nitrogens with one attached hydrogen (secondary N) is 1. The highest BCUT2D eigenvalue weighted by Crippen LogP contribution is 2.20. The molecule has 1 heterocycles. The third kappa shape index (κ3) is 3.99. The first kappa shape index (κ1) is 14.9. The maximum absolute atomic E-state index is 9.88. The van der Waals surface area contributed by atoms with Crippen LogP contribution in [0.15, 0.2) is 18.2 Å². The summed E-state index contributed by atoms with van der Waals surface area (Å²) in [6, 6.07) is 5.99. The van der Waals surface area contributed by atoms with E-state index in [2.05, 4.69) is 5.48 Å². The van der Waals surface area contributed by atoms with Crippen molar-refractivity contribution in [2.75, 3.05) is 12.1 Å². The van der Waals surface area contributed by atoms with Crippen LogP contribution in [0.25, 0.3) is 0 Å². The van der Waals surface area contributed by atoms with Crippen LogP contribution in [0.1, 0.15) is 50.5 Å². The second kappa shape index (κ2) is 7.30. The lowest BCUT2D eigenvalue weighted by molar-refractivity contribution is 0.0771. The van der Waals surface area contributed by atoms with Crippen molar-refractivity contribution in [3.05, 3.63) is 23.8 Å². The van der Waals surface area contributed by atoms with Crippen molar-refractivity contribution >= 4 is 18.3 Å². The van der Waals surface area contributed by atoms with Crippen molar-refractivity contribution < 1.29 is 14.5 Å². The molecule has 0 aromatic heterocycles. The van der Waals surface area contributed by atoms with Crippen LogP contribution in [0.3, 0.4) is 0 Å². The number of fused-ring (bicyclic) bond motifs is 1. The van der Waals surface area contributed by atoms with Crippen LogP contribution >= 0.6 is 0 Å². The van der Waals surface area contributed by atoms with E-state index in [-0.39, 0.29) is 0 Å². The Bertz CT molecular complexity index is 461. The second-order valence-corrected chi connectivity index (χ2v) is 6.07. The molecule has 5 heteroatoms. The lowest BCUT2D eigenvalue weighted by Gasteiger charge is -2.22. The molecular weight excluding hydrogens is 265 g/mol. The fourth-order valence-electron chi connectivity index (χ4n) is 3.17. The van der Waals surface area contributed by atoms with Crippen molar-refractivity contribution in [3.8, 4) is 0 Å². The van der Waals surface area contributed by atoms with Gasteiger partial charge in [0.1, 0.15) is 0 Å². The van der Waals surface area contributed by atoms with Gasteiger partial charge in [-0.2, -0.15) is 0 Å². The summed E-state index contributed by atoms with van der Waals surface area (Å²) >= 11 is 0. The van der Waals surface area contributed by atoms with Crippen LogP contribution < -0.4 is 10.9 Å². The summed E-state index contributed by atoms with van der Waals surface area (Å²) in [5, 5.41) is 9.88. The summed E-state index contributed by atoms with van der Waals surface area (Å²) in [5.74, 6) is 0. The van der Waals surface area contributed by atoms with E-state index in [4.69, 9.17) is 9.49 Å². The number of hydrogen-bond donors (Lipinski definition) is 2. The van der Waals surface area contributed by atoms with E-state index in [1.54, 1.807) is 0 Å². The van der Waals surface area contributed by atoms with E-state index in [0.717, 1.165) is 36.0 Å². The van der Waals surface area contributed by atoms with Gasteiger partial charge in [0.2, 0.25) is 0 Å². The molecule has 1 aromatic carbocycles. The zero-order chi connectivity index (χ0) is 14.5. The molecule has 0 spiro atoms. The first-order chi connectivity index (χ1) is 10.3. The zero-order valence-electron chi connectivity index (χ0n) is 12.5. The van der Waals surface area contributed by atoms with Crippen molar-refractivity contribution in [2.45, 2.75) is 57.5 Å². The van der Waals surface area contributed by atoms with Gasteiger partial charge in [-0.15, -0.1) is 0 Å². The van der Waals surface area contributed by atoms with Gasteiger partial charge in [0.05, 0.1) is 11.8 Å². The number of hydrogen-bond acceptors (Lipinski definition) is 4. The molecule has 0 radical (unpaired) electrons. The minimum Gasteiger partial charge on any atom is -0.423 e. The van der Waals surface area contributed by atoms with E-state index in [1.807, 2.05) is 18.2 Å². The van der Waals surface area contributed by atoms with Crippen LogP contribution in [-0.4, -0.2) is 24.9 Å². The Balaban J connectivity index is 1.58. The summed E-state index contributed by atoms with van der Waals surface area (Å²) in [5.41, 5.74) is 5.97. The quantitative estimate of drug-likeness (QED) is 0.662. The molecule has 2 aliphatic rings. The number of rotatable bonds is 3. The molecule has 114 valence electrons. The molecule has 0 atom stereocenters. The molecule has 2 N–H and O–H groups in total. The standard InChI is InChI=1S/C16H24BNO3/c19-17-16-12-14(9-8-13(16)10-11-20-17)18-21-15-6-4-2-1-3-5-7-15/h8-9,12,15,18-19H,1-7,10-11H2. The molecule has 4 nitrogen and oxygen atoms in total. The number of benzene rings is 1. The van der Waals surface area contributed by atoms with Crippen molar-refractivity contribution in [1.82, 2.24) is 0 Å². The van der Waals surface area contributed by atoms with Gasteiger partial charge in [0, 0.05) is 6.61 Å². The van der Waals surface area contributed by atoms with E-state index in [0.29, 0.717) is 12.7 Å². The molecule has 0 unspecified atom stereocenters. The largest absolute Gasteiger partial charge is 0.491 e. The molecule has 0 bridgehead atoms. The van der Waals surface area contributed by atoms with Gasteiger partial charge in [-0.1, -0.05) is 38.2 Å². The van der Waals surface area contributed by atoms with Gasteiger partial charge >= 0.3 is 7.12 Å². The van der Waals surface area contributed by atoms with Crippen molar-refractivity contribution in [1.29, 1.82) is 0 Å². The molecule has 1 saturated carbocycles. The molecule has 1 aliphatic carbocycles. The highest BCUT2D eigenvalue weighted by atomic mass is 16.7. The maximum atomic E-state index is 9.88. The summed E-state index contributed by atoms with van der Waals surface area (Å²) in [6.45, 7) is 0.583. The third-order valence-electron chi connectivity index (χ3n) is 4.45. The van der Waals surface area contributed by atoms with E-state index in [1.165, 1.54) is 32.1 Å². The SMILES string of the molecule is OB1OCCc2ccc(NOC3CCCCCCC3)cc21. The molecule has 0 saturated heterocycles. The summed E-state index contributed by atoms with van der Waals surface area (Å²) in [7, 11) is -0.808. The molecule has 21 heavy (non-hydrogen) atoms. The fraction of sp³-hybridized carbons (Fsp3) is 0.625. The fourth-order valence-corrected chi connectivity index (χ4v) is 3.17. The van der Waals surface area contributed by atoms with Crippen LogP contribution in [-0.2, 0) is 15.9 Å². The predicted molar refractivity (Wildman–Crippen MR) is 84.5 cm³/mol. The summed E-state index contributed by atoms with van der Waals surface area (Å²) in [6.07, 6.45) is 9.92. The second-order valence-electron chi connectivity index (χ2n) is 6.07. The first-order valence-corrected chi connectivity index (χ1v) is 8.17. The highest BCUT2D eigenvalue weighted by molar-refractivity contribution is 6.61. The summed E-state index contributed by atoms with van der Waals surface area (Å²) < 4.78 is 5.27. The predicted octanol–water partition coefficient (Wildman–Crippen LogP) is 2.40. The highest BCUT2D eigenvalue weighted by Gasteiger charge is 2.24. The maximum Gasteiger partial charge on any atom is 0.491 e. The Labute approximate surface area is 126 Å². The molecule has 3 rings (SSSR count). The van der Waals surface area contributed by atoms with Crippen LogP contribution in [0.5, 0.6) is 0 Å². The molecule has 0 amide bonds. The van der Waals surface area contributed by atoms with Crippen LogP contribution in [0.4, 0.5) is 5.69 Å². The van der Waals surface area contributed by atoms with Crippen molar-refractivity contribution in [2.24, 2.45) is 0 Å². The Morgan fingerprint density at radius 2 is 1.90 bits per heavy atom. The normalized spacial score (nSPS) is 20.5. The monoisotopic (exact) mass is 289 g/mol. The van der Waals surface area contributed by atoms with E-state index in [9.17, 15) is 5.02 Å². The van der Waals surface area contributed by atoms with Gasteiger partial charge in [-0.3, -0.25) is 10.3 Å². The van der Waals surface area contributed by atoms with E-state index >= 15 is 0 Å². The van der Waals surface area contributed by atoms with Gasteiger partial charge in [-0.05, 0) is 42.4 Å². The topological polar surface area (TPSA) is 50.7 Å². The van der Waals surface area contributed by atoms with Gasteiger partial charge in [0.15, 0.2) is 0 Å². The summed E-state index contributed by atoms with van der Waals surface area (Å²) in [4.78, 5) is 5.86. The first-order valence-electron chi connectivity index (χ1n) is 8.17. The minimum absolute atomic E-state index is 0.294.